The van der Waals surface area contributed by atoms with Gasteiger partial charge in [-0.3, -0.25) is 9.59 Å². The van der Waals surface area contributed by atoms with Gasteiger partial charge in [-0.25, -0.2) is 5.43 Å². The van der Waals surface area contributed by atoms with E-state index in [1.165, 1.54) is 6.21 Å². The van der Waals surface area contributed by atoms with E-state index in [1.807, 2.05) is 44.2 Å². The molecule has 6 nitrogen and oxygen atoms in total. The monoisotopic (exact) mass is 575 g/mol. The average Bonchev–Trinajstić information content (AvgIpc) is 2.80. The first-order valence-corrected chi connectivity index (χ1v) is 12.3. The molecule has 3 rings (SSSR count). The van der Waals surface area contributed by atoms with E-state index in [4.69, 9.17) is 27.9 Å². The highest BCUT2D eigenvalue weighted by molar-refractivity contribution is 9.10. The number of hydrogen-bond acceptors (Lipinski definition) is 4. The number of aryl methyl sites for hydroxylation is 2. The molecule has 0 aliphatic rings. The van der Waals surface area contributed by atoms with Crippen molar-refractivity contribution >= 4 is 62.8 Å². The second-order valence-corrected chi connectivity index (χ2v) is 9.63. The molecule has 2 amide bonds. The molecule has 0 saturated heterocycles. The topological polar surface area (TPSA) is 79.8 Å². The summed E-state index contributed by atoms with van der Waals surface area (Å²) >= 11 is 15.6. The third kappa shape index (κ3) is 8.38. The zero-order valence-electron chi connectivity index (χ0n) is 19.2. The number of carbonyl (C=O) groups excluding carboxylic acids is 2. The lowest BCUT2D eigenvalue weighted by molar-refractivity contribution is -0.124. The van der Waals surface area contributed by atoms with E-state index in [0.717, 1.165) is 26.9 Å². The van der Waals surface area contributed by atoms with Crippen LogP contribution < -0.4 is 15.5 Å². The molecule has 0 spiro atoms. The number of rotatable bonds is 9. The average molecular weight is 577 g/mol. The van der Waals surface area contributed by atoms with Crippen molar-refractivity contribution < 1.29 is 14.3 Å². The van der Waals surface area contributed by atoms with Crippen molar-refractivity contribution in [2.24, 2.45) is 5.10 Å². The highest BCUT2D eigenvalue weighted by atomic mass is 79.9. The molecule has 182 valence electrons. The Morgan fingerprint density at radius 3 is 2.54 bits per heavy atom. The van der Waals surface area contributed by atoms with Crippen molar-refractivity contribution in [2.45, 2.75) is 33.3 Å². The Bertz CT molecular complexity index is 1260. The summed E-state index contributed by atoms with van der Waals surface area (Å²) in [4.78, 5) is 24.4. The van der Waals surface area contributed by atoms with Gasteiger partial charge in [0, 0.05) is 44.2 Å². The maximum absolute atomic E-state index is 12.2. The highest BCUT2D eigenvalue weighted by Gasteiger charge is 2.09. The number of nitrogens with zero attached hydrogens (tertiary/aromatic N) is 1. The van der Waals surface area contributed by atoms with Gasteiger partial charge < -0.3 is 10.1 Å². The molecule has 0 aliphatic carbocycles. The van der Waals surface area contributed by atoms with E-state index in [1.54, 1.807) is 24.3 Å². The van der Waals surface area contributed by atoms with Gasteiger partial charge >= 0.3 is 0 Å². The van der Waals surface area contributed by atoms with E-state index in [0.29, 0.717) is 21.4 Å². The molecule has 0 aromatic heterocycles. The number of anilines is 1. The summed E-state index contributed by atoms with van der Waals surface area (Å²) in [6, 6.07) is 16.5. The summed E-state index contributed by atoms with van der Waals surface area (Å²) in [5.74, 6) is -0.0470. The SMILES string of the molecule is Cc1ccc(C)c(NC(=O)CCC(=O)NN=Cc2cc(Br)ccc2OCc2ccc(Cl)cc2Cl)c1. The number of hydrogen-bond donors (Lipinski definition) is 2. The van der Waals surface area contributed by atoms with E-state index < -0.39 is 0 Å². The summed E-state index contributed by atoms with van der Waals surface area (Å²) in [5, 5.41) is 7.92. The number of ether oxygens (including phenoxy) is 1. The molecule has 0 saturated carbocycles. The van der Waals surface area contributed by atoms with Crippen molar-refractivity contribution in [3.8, 4) is 5.75 Å². The predicted molar refractivity (Wildman–Crippen MR) is 144 cm³/mol. The number of hydrazone groups is 1. The largest absolute Gasteiger partial charge is 0.488 e. The Morgan fingerprint density at radius 2 is 1.77 bits per heavy atom. The van der Waals surface area contributed by atoms with Crippen LogP contribution >= 0.6 is 39.1 Å². The van der Waals surface area contributed by atoms with E-state index >= 15 is 0 Å². The van der Waals surface area contributed by atoms with Crippen LogP contribution in [0.4, 0.5) is 5.69 Å². The lowest BCUT2D eigenvalue weighted by atomic mass is 10.1. The highest BCUT2D eigenvalue weighted by Crippen LogP contribution is 2.26. The predicted octanol–water partition coefficient (Wildman–Crippen LogP) is 6.82. The summed E-state index contributed by atoms with van der Waals surface area (Å²) in [6.07, 6.45) is 1.53. The lowest BCUT2D eigenvalue weighted by Crippen LogP contribution is -2.21. The molecule has 0 unspecified atom stereocenters. The molecular formula is C26H24BrCl2N3O3. The van der Waals surface area contributed by atoms with Crippen molar-refractivity contribution in [3.63, 3.8) is 0 Å². The van der Waals surface area contributed by atoms with Gasteiger partial charge in [-0.1, -0.05) is 57.3 Å². The molecule has 0 heterocycles. The quantitative estimate of drug-likeness (QED) is 0.217. The van der Waals surface area contributed by atoms with Gasteiger partial charge in [0.2, 0.25) is 11.8 Å². The molecule has 9 heteroatoms. The second kappa shape index (κ2) is 12.7. The van der Waals surface area contributed by atoms with Crippen LogP contribution in [-0.4, -0.2) is 18.0 Å². The molecule has 2 N–H and O–H groups in total. The normalized spacial score (nSPS) is 10.9. The van der Waals surface area contributed by atoms with E-state index in [-0.39, 0.29) is 31.3 Å². The van der Waals surface area contributed by atoms with Crippen molar-refractivity contribution in [1.82, 2.24) is 5.43 Å². The van der Waals surface area contributed by atoms with Gasteiger partial charge in [-0.05, 0) is 61.4 Å². The van der Waals surface area contributed by atoms with Crippen LogP contribution in [0.2, 0.25) is 10.0 Å². The molecule has 0 aliphatic heterocycles. The number of benzene rings is 3. The third-order valence-corrected chi connectivity index (χ3v) is 6.09. The minimum absolute atomic E-state index is 0.00490. The first-order chi connectivity index (χ1) is 16.7. The summed E-state index contributed by atoms with van der Waals surface area (Å²) in [6.45, 7) is 4.11. The Hall–Kier alpha value is -2.87. The Labute approximate surface area is 222 Å². The molecule has 0 radical (unpaired) electrons. The smallest absolute Gasteiger partial charge is 0.240 e. The summed E-state index contributed by atoms with van der Waals surface area (Å²) < 4.78 is 6.73. The van der Waals surface area contributed by atoms with Crippen molar-refractivity contribution in [2.75, 3.05) is 5.32 Å². The Morgan fingerprint density at radius 1 is 1.00 bits per heavy atom. The molecule has 3 aromatic carbocycles. The number of nitrogens with one attached hydrogen (secondary N) is 2. The van der Waals surface area contributed by atoms with Gasteiger partial charge in [0.15, 0.2) is 0 Å². The maximum Gasteiger partial charge on any atom is 0.240 e. The van der Waals surface area contributed by atoms with Gasteiger partial charge in [0.05, 0.1) is 6.21 Å². The van der Waals surface area contributed by atoms with Crippen LogP contribution in [-0.2, 0) is 16.2 Å². The minimum Gasteiger partial charge on any atom is -0.488 e. The molecule has 35 heavy (non-hydrogen) atoms. The standard InChI is InChI=1S/C26H24BrCl2N3O3/c1-16-3-4-17(2)23(11-16)31-25(33)9-10-26(34)32-30-14-19-12-20(27)6-8-24(19)35-15-18-5-7-21(28)13-22(18)29/h3-8,11-14H,9-10,15H2,1-2H3,(H,31,33)(H,32,34). The zero-order valence-corrected chi connectivity index (χ0v) is 22.3. The number of amides is 2. The summed E-state index contributed by atoms with van der Waals surface area (Å²) in [5.41, 5.74) is 6.64. The van der Waals surface area contributed by atoms with Crippen LogP contribution in [0.5, 0.6) is 5.75 Å². The van der Waals surface area contributed by atoms with Crippen molar-refractivity contribution in [1.29, 1.82) is 0 Å². The Kier molecular flexibility index (Phi) is 9.72. The molecule has 0 bridgehead atoms. The first kappa shape index (κ1) is 26.7. The van der Waals surface area contributed by atoms with Gasteiger partial charge in [0.25, 0.3) is 0 Å². The molecule has 3 aromatic rings. The second-order valence-electron chi connectivity index (χ2n) is 7.87. The van der Waals surface area contributed by atoms with Gasteiger partial charge in [-0.2, -0.15) is 5.10 Å². The third-order valence-electron chi connectivity index (χ3n) is 5.01. The molecule has 0 atom stereocenters. The van der Waals surface area contributed by atoms with Crippen LogP contribution in [0.25, 0.3) is 0 Å². The maximum atomic E-state index is 12.2. The fourth-order valence-corrected chi connectivity index (χ4v) is 3.93. The van der Waals surface area contributed by atoms with Crippen LogP contribution in [0.15, 0.2) is 64.2 Å². The number of carbonyl (C=O) groups is 2. The van der Waals surface area contributed by atoms with E-state index in [2.05, 4.69) is 31.8 Å². The van der Waals surface area contributed by atoms with Crippen LogP contribution in [0.3, 0.4) is 0 Å². The van der Waals surface area contributed by atoms with Crippen molar-refractivity contribution in [3.05, 3.63) is 91.4 Å². The lowest BCUT2D eigenvalue weighted by Gasteiger charge is -2.11. The number of halogens is 3. The minimum atomic E-state index is -0.372. The fourth-order valence-electron chi connectivity index (χ4n) is 3.09. The molecular weight excluding hydrogens is 553 g/mol. The van der Waals surface area contributed by atoms with E-state index in [9.17, 15) is 9.59 Å². The summed E-state index contributed by atoms with van der Waals surface area (Å²) in [7, 11) is 0. The first-order valence-electron chi connectivity index (χ1n) is 10.8. The Balaban J connectivity index is 1.53. The fraction of sp³-hybridized carbons (Fsp3) is 0.192. The van der Waals surface area contributed by atoms with Crippen LogP contribution in [0.1, 0.15) is 35.1 Å². The molecule has 0 fully saturated rings. The van der Waals surface area contributed by atoms with Gasteiger partial charge in [0.1, 0.15) is 12.4 Å². The zero-order chi connectivity index (χ0) is 25.4. The van der Waals surface area contributed by atoms with Crippen LogP contribution in [0, 0.1) is 13.8 Å². The van der Waals surface area contributed by atoms with Gasteiger partial charge in [-0.15, -0.1) is 0 Å².